The molecule has 2 atom stereocenters. The van der Waals surface area contributed by atoms with Crippen LogP contribution < -0.4 is 5.32 Å². The van der Waals surface area contributed by atoms with Gasteiger partial charge < -0.3 is 14.8 Å². The van der Waals surface area contributed by atoms with Crippen molar-refractivity contribution in [2.45, 2.75) is 19.1 Å². The average molecular weight is 260 g/mol. The molecule has 0 aromatic rings. The van der Waals surface area contributed by atoms with Crippen LogP contribution in [0.5, 0.6) is 0 Å². The number of hydrogen-bond donors (Lipinski definition) is 1. The second-order valence-corrected chi connectivity index (χ2v) is 3.81. The molecule has 0 unspecified atom stereocenters. The molecule has 2 aliphatic heterocycles. The number of esters is 1. The van der Waals surface area contributed by atoms with Crippen LogP contribution in [-0.2, 0) is 14.3 Å². The van der Waals surface area contributed by atoms with E-state index >= 15 is 0 Å². The molecule has 0 saturated carbocycles. The summed E-state index contributed by atoms with van der Waals surface area (Å²) in [4.78, 5) is 11.3. The van der Waals surface area contributed by atoms with Crippen LogP contribution in [0.4, 0.5) is 0 Å². The summed E-state index contributed by atoms with van der Waals surface area (Å²) < 4.78 is 10.9. The second-order valence-electron chi connectivity index (χ2n) is 3.02. The highest BCUT2D eigenvalue weighted by Gasteiger charge is 2.35. The van der Waals surface area contributed by atoms with E-state index in [-0.39, 0.29) is 18.1 Å². The van der Waals surface area contributed by atoms with Crippen molar-refractivity contribution in [3.63, 3.8) is 0 Å². The smallest absolute Gasteiger partial charge is 0.354 e. The minimum absolute atomic E-state index is 0.0452. The topological polar surface area (TPSA) is 47.6 Å². The Bertz CT molecular complexity index is 324. The molecule has 0 amide bonds. The van der Waals surface area contributed by atoms with E-state index in [1.54, 1.807) is 13.0 Å². The van der Waals surface area contributed by atoms with E-state index in [0.717, 1.165) is 0 Å². The molecule has 2 heterocycles. The molecule has 0 radical (unpaired) electrons. The zero-order valence-electron chi connectivity index (χ0n) is 7.62. The summed E-state index contributed by atoms with van der Waals surface area (Å²) in [6.45, 7) is 2.16. The number of ether oxygens (including phenoxy) is 2. The van der Waals surface area contributed by atoms with Crippen LogP contribution in [0.3, 0.4) is 0 Å². The highest BCUT2D eigenvalue weighted by Crippen LogP contribution is 2.28. The lowest BCUT2D eigenvalue weighted by atomic mass is 10.2. The van der Waals surface area contributed by atoms with Gasteiger partial charge in [0.15, 0.2) is 4.67 Å². The highest BCUT2D eigenvalue weighted by molar-refractivity contribution is 9.11. The minimum Gasteiger partial charge on any atom is -0.477 e. The average Bonchev–Trinajstić information content (AvgIpc) is 2.61. The number of rotatable bonds is 2. The van der Waals surface area contributed by atoms with Gasteiger partial charge in [-0.1, -0.05) is 0 Å². The fourth-order valence-corrected chi connectivity index (χ4v) is 1.97. The Balaban J connectivity index is 2.01. The first-order chi connectivity index (χ1) is 6.70. The predicted octanol–water partition coefficient (Wildman–Crippen LogP) is 1.04. The number of carbonyl (C=O) groups excluding carboxylic acids is 1. The van der Waals surface area contributed by atoms with E-state index in [9.17, 15) is 4.79 Å². The maximum atomic E-state index is 11.3. The molecule has 0 aliphatic carbocycles. The van der Waals surface area contributed by atoms with Gasteiger partial charge >= 0.3 is 5.97 Å². The third-order valence-electron chi connectivity index (χ3n) is 2.06. The lowest BCUT2D eigenvalue weighted by Crippen LogP contribution is -2.29. The van der Waals surface area contributed by atoms with E-state index in [1.165, 1.54) is 0 Å². The zero-order chi connectivity index (χ0) is 10.1. The number of halogens is 1. The SMILES string of the molecule is CCOC(=O)C1=C[C@H]2OC(Br)=C[C@H]2N1. The molecule has 14 heavy (non-hydrogen) atoms. The van der Waals surface area contributed by atoms with E-state index in [0.29, 0.717) is 17.0 Å². The normalized spacial score (nSPS) is 28.4. The van der Waals surface area contributed by atoms with Crippen molar-refractivity contribution in [3.05, 3.63) is 22.5 Å². The maximum Gasteiger partial charge on any atom is 0.354 e. The van der Waals surface area contributed by atoms with Gasteiger partial charge in [0, 0.05) is 0 Å². The Labute approximate surface area is 90.1 Å². The van der Waals surface area contributed by atoms with Crippen LogP contribution in [0.25, 0.3) is 0 Å². The van der Waals surface area contributed by atoms with E-state index in [2.05, 4.69) is 21.2 Å². The van der Waals surface area contributed by atoms with Crippen molar-refractivity contribution >= 4 is 21.9 Å². The zero-order valence-corrected chi connectivity index (χ0v) is 9.21. The lowest BCUT2D eigenvalue weighted by molar-refractivity contribution is -0.138. The van der Waals surface area contributed by atoms with Crippen LogP contribution >= 0.6 is 15.9 Å². The Morgan fingerprint density at radius 2 is 2.50 bits per heavy atom. The van der Waals surface area contributed by atoms with Gasteiger partial charge in [0.25, 0.3) is 0 Å². The second kappa shape index (κ2) is 3.65. The third kappa shape index (κ3) is 1.64. The number of hydrogen-bond acceptors (Lipinski definition) is 4. The van der Waals surface area contributed by atoms with Gasteiger partial charge in [-0.15, -0.1) is 0 Å². The molecule has 0 aromatic heterocycles. The maximum absolute atomic E-state index is 11.3. The predicted molar refractivity (Wildman–Crippen MR) is 53.5 cm³/mol. The Kier molecular flexibility index (Phi) is 2.50. The summed E-state index contributed by atoms with van der Waals surface area (Å²) in [5.74, 6) is -0.324. The van der Waals surface area contributed by atoms with Crippen LogP contribution in [-0.4, -0.2) is 24.7 Å². The largest absolute Gasteiger partial charge is 0.477 e. The van der Waals surface area contributed by atoms with Gasteiger partial charge in [-0.25, -0.2) is 4.79 Å². The van der Waals surface area contributed by atoms with Crippen molar-refractivity contribution in [2.24, 2.45) is 0 Å². The first kappa shape index (κ1) is 9.58. The van der Waals surface area contributed by atoms with Gasteiger partial charge in [-0.05, 0) is 35.0 Å². The van der Waals surface area contributed by atoms with Crippen LogP contribution in [0.2, 0.25) is 0 Å². The van der Waals surface area contributed by atoms with Gasteiger partial charge in [-0.3, -0.25) is 0 Å². The Morgan fingerprint density at radius 3 is 3.14 bits per heavy atom. The summed E-state index contributed by atoms with van der Waals surface area (Å²) in [5, 5.41) is 3.02. The number of fused-ring (bicyclic) bond motifs is 1. The molecule has 0 spiro atoms. The Morgan fingerprint density at radius 1 is 1.71 bits per heavy atom. The third-order valence-corrected chi connectivity index (χ3v) is 2.51. The molecule has 0 bridgehead atoms. The van der Waals surface area contributed by atoms with Gasteiger partial charge in [0.1, 0.15) is 11.8 Å². The van der Waals surface area contributed by atoms with Crippen LogP contribution in [0.1, 0.15) is 6.92 Å². The molecular formula is C9H10BrNO3. The standard InChI is InChI=1S/C9H10BrNO3/c1-2-13-9(12)6-3-7-5(11-6)4-8(10)14-7/h3-5,7,11H,2H2,1H3/t5-,7-/m1/s1. The van der Waals surface area contributed by atoms with Gasteiger partial charge in [-0.2, -0.15) is 0 Å². The summed E-state index contributed by atoms with van der Waals surface area (Å²) in [7, 11) is 0. The number of nitrogens with one attached hydrogen (secondary N) is 1. The fourth-order valence-electron chi connectivity index (χ4n) is 1.47. The first-order valence-corrected chi connectivity index (χ1v) is 5.19. The van der Waals surface area contributed by atoms with E-state index in [4.69, 9.17) is 9.47 Å². The molecule has 76 valence electrons. The molecule has 0 saturated heterocycles. The molecule has 4 nitrogen and oxygen atoms in total. The van der Waals surface area contributed by atoms with Crippen molar-refractivity contribution in [2.75, 3.05) is 6.61 Å². The van der Waals surface area contributed by atoms with Crippen molar-refractivity contribution in [1.82, 2.24) is 5.32 Å². The lowest BCUT2D eigenvalue weighted by Gasteiger charge is -2.08. The van der Waals surface area contributed by atoms with Crippen molar-refractivity contribution in [1.29, 1.82) is 0 Å². The van der Waals surface area contributed by atoms with Gasteiger partial charge in [0.2, 0.25) is 0 Å². The van der Waals surface area contributed by atoms with Crippen molar-refractivity contribution < 1.29 is 14.3 Å². The van der Waals surface area contributed by atoms with E-state index < -0.39 is 0 Å². The van der Waals surface area contributed by atoms with Crippen LogP contribution in [0, 0.1) is 0 Å². The highest BCUT2D eigenvalue weighted by atomic mass is 79.9. The Hall–Kier alpha value is -0.970. The fraction of sp³-hybridized carbons (Fsp3) is 0.444. The number of carbonyl (C=O) groups is 1. The van der Waals surface area contributed by atoms with Gasteiger partial charge in [0.05, 0.1) is 12.6 Å². The summed E-state index contributed by atoms with van der Waals surface area (Å²) in [5.41, 5.74) is 0.484. The quantitative estimate of drug-likeness (QED) is 0.753. The summed E-state index contributed by atoms with van der Waals surface area (Å²) in [6, 6.07) is 0.0452. The van der Waals surface area contributed by atoms with Crippen molar-refractivity contribution in [3.8, 4) is 0 Å². The first-order valence-electron chi connectivity index (χ1n) is 4.40. The molecule has 5 heteroatoms. The molecular weight excluding hydrogens is 250 g/mol. The molecule has 0 aromatic carbocycles. The summed E-state index contributed by atoms with van der Waals surface area (Å²) in [6.07, 6.45) is 3.53. The molecule has 0 fully saturated rings. The monoisotopic (exact) mass is 259 g/mol. The minimum atomic E-state index is -0.324. The molecule has 2 aliphatic rings. The van der Waals surface area contributed by atoms with E-state index in [1.807, 2.05) is 6.08 Å². The molecule has 2 rings (SSSR count). The molecule has 1 N–H and O–H groups in total. The van der Waals surface area contributed by atoms with Crippen LogP contribution in [0.15, 0.2) is 22.5 Å². The summed E-state index contributed by atoms with van der Waals surface area (Å²) >= 11 is 3.23.